The third-order valence-corrected chi connectivity index (χ3v) is 6.50. The van der Waals surface area contributed by atoms with E-state index >= 15 is 0 Å². The summed E-state index contributed by atoms with van der Waals surface area (Å²) in [6.45, 7) is 1.66. The maximum Gasteiger partial charge on any atom is 0.263 e. The number of aromatic nitrogens is 3. The number of fused-ring (bicyclic) bond motifs is 1. The van der Waals surface area contributed by atoms with Gasteiger partial charge in [0.15, 0.2) is 11.0 Å². The molecule has 0 bridgehead atoms. The molecule has 0 saturated heterocycles. The van der Waals surface area contributed by atoms with Gasteiger partial charge in [0.05, 0.1) is 15.9 Å². The predicted octanol–water partition coefficient (Wildman–Crippen LogP) is 3.78. The van der Waals surface area contributed by atoms with Crippen molar-refractivity contribution in [2.45, 2.75) is 23.4 Å². The number of para-hydroxylation sites is 2. The van der Waals surface area contributed by atoms with Crippen LogP contribution in [0.2, 0.25) is 0 Å². The number of hydrogen-bond donors (Lipinski definition) is 3. The summed E-state index contributed by atoms with van der Waals surface area (Å²) in [5.41, 5.74) is 2.35. The highest BCUT2D eigenvalue weighted by atomic mass is 32.2. The van der Waals surface area contributed by atoms with E-state index in [4.69, 9.17) is 4.52 Å². The van der Waals surface area contributed by atoms with Gasteiger partial charge in [-0.2, -0.15) is 0 Å². The van der Waals surface area contributed by atoms with E-state index in [1.165, 1.54) is 42.1 Å². The summed E-state index contributed by atoms with van der Waals surface area (Å²) in [5, 5.41) is 7.14. The molecule has 2 aromatic heterocycles. The van der Waals surface area contributed by atoms with Gasteiger partial charge in [0, 0.05) is 23.9 Å². The fraction of sp³-hybridized carbons (Fsp3) is 0.150. The van der Waals surface area contributed by atoms with Crippen molar-refractivity contribution >= 4 is 50.2 Å². The summed E-state index contributed by atoms with van der Waals surface area (Å²) in [5.74, 6) is 0.987. The normalized spacial score (nSPS) is 11.5. The van der Waals surface area contributed by atoms with E-state index in [1.807, 2.05) is 24.3 Å². The summed E-state index contributed by atoms with van der Waals surface area (Å²) in [6.07, 6.45) is 0.287. The highest BCUT2D eigenvalue weighted by Crippen LogP contribution is 2.21. The summed E-state index contributed by atoms with van der Waals surface area (Å²) >= 11 is 1.46. The lowest BCUT2D eigenvalue weighted by atomic mass is 10.3. The number of H-pyrrole nitrogens is 1. The largest absolute Gasteiger partial charge is 0.360 e. The van der Waals surface area contributed by atoms with Crippen molar-refractivity contribution in [3.8, 4) is 0 Å². The Hall–Kier alpha value is -3.31. The Bertz CT molecular complexity index is 1280. The third kappa shape index (κ3) is 5.25. The number of aryl methyl sites for hydroxylation is 1. The van der Waals surface area contributed by atoms with Crippen LogP contribution in [0.15, 0.2) is 69.2 Å². The molecule has 0 radical (unpaired) electrons. The minimum Gasteiger partial charge on any atom is -0.360 e. The van der Waals surface area contributed by atoms with Gasteiger partial charge in [-0.05, 0) is 43.3 Å². The van der Waals surface area contributed by atoms with E-state index in [9.17, 15) is 13.2 Å². The zero-order valence-corrected chi connectivity index (χ0v) is 18.1. The van der Waals surface area contributed by atoms with Crippen LogP contribution in [0, 0.1) is 6.92 Å². The van der Waals surface area contributed by atoms with Crippen molar-refractivity contribution in [3.05, 3.63) is 60.4 Å². The molecule has 0 aliphatic heterocycles. The lowest BCUT2D eigenvalue weighted by Crippen LogP contribution is -2.14. The number of rotatable bonds is 8. The molecule has 160 valence electrons. The molecule has 31 heavy (non-hydrogen) atoms. The lowest BCUT2D eigenvalue weighted by Gasteiger charge is -2.07. The molecule has 11 heteroatoms. The van der Waals surface area contributed by atoms with Crippen LogP contribution in [-0.4, -0.2) is 35.2 Å². The Balaban J connectivity index is 1.29. The van der Waals surface area contributed by atoms with Gasteiger partial charge in [-0.3, -0.25) is 9.52 Å². The first-order chi connectivity index (χ1) is 14.9. The Kier molecular flexibility index (Phi) is 5.96. The second kappa shape index (κ2) is 8.82. The van der Waals surface area contributed by atoms with Gasteiger partial charge in [-0.25, -0.2) is 13.4 Å². The molecule has 3 N–H and O–H groups in total. The second-order valence-corrected chi connectivity index (χ2v) is 9.42. The fourth-order valence-electron chi connectivity index (χ4n) is 2.79. The minimum absolute atomic E-state index is 0.0478. The van der Waals surface area contributed by atoms with Crippen molar-refractivity contribution in [3.63, 3.8) is 0 Å². The zero-order valence-electron chi connectivity index (χ0n) is 16.5. The first kappa shape index (κ1) is 20.9. The number of thioether (sulfide) groups is 1. The number of carbonyl (C=O) groups excluding carboxylic acids is 1. The first-order valence-electron chi connectivity index (χ1n) is 9.33. The van der Waals surface area contributed by atoms with E-state index in [1.54, 1.807) is 6.92 Å². The lowest BCUT2D eigenvalue weighted by molar-refractivity contribution is -0.115. The molecule has 2 heterocycles. The van der Waals surface area contributed by atoms with E-state index in [-0.39, 0.29) is 23.0 Å². The second-order valence-electron chi connectivity index (χ2n) is 6.66. The minimum atomic E-state index is -3.80. The molecule has 0 unspecified atom stereocenters. The number of aromatic amines is 1. The van der Waals surface area contributed by atoms with Crippen LogP contribution < -0.4 is 10.0 Å². The van der Waals surface area contributed by atoms with Gasteiger partial charge in [0.2, 0.25) is 5.91 Å². The maximum absolute atomic E-state index is 12.4. The quantitative estimate of drug-likeness (QED) is 0.343. The summed E-state index contributed by atoms with van der Waals surface area (Å²) < 4.78 is 32.0. The number of anilines is 2. The van der Waals surface area contributed by atoms with E-state index in [0.29, 0.717) is 17.2 Å². The van der Waals surface area contributed by atoms with Gasteiger partial charge < -0.3 is 14.8 Å². The van der Waals surface area contributed by atoms with Gasteiger partial charge >= 0.3 is 0 Å². The monoisotopic (exact) mass is 457 g/mol. The zero-order chi connectivity index (χ0) is 21.8. The van der Waals surface area contributed by atoms with Crippen molar-refractivity contribution < 1.29 is 17.7 Å². The number of benzene rings is 2. The topological polar surface area (TPSA) is 130 Å². The number of nitrogens with zero attached hydrogens (tertiary/aromatic N) is 2. The highest BCUT2D eigenvalue weighted by Gasteiger charge is 2.16. The average Bonchev–Trinajstić information content (AvgIpc) is 3.33. The standard InChI is InChI=1S/C20H19N5O4S2/c1-13-12-18(24-29-13)25-31(27,28)15-8-6-14(7-9-15)21-19(26)10-11-30-20-22-16-4-2-3-5-17(16)23-20/h2-9,12H,10-11H2,1H3,(H,21,26)(H,22,23)(H,24,25). The van der Waals surface area contributed by atoms with Crippen LogP contribution in [0.25, 0.3) is 11.0 Å². The van der Waals surface area contributed by atoms with E-state index in [2.05, 4.69) is 25.2 Å². The molecular formula is C20H19N5O4S2. The van der Waals surface area contributed by atoms with Gasteiger partial charge in [-0.15, -0.1) is 0 Å². The predicted molar refractivity (Wildman–Crippen MR) is 119 cm³/mol. The molecule has 0 saturated carbocycles. The first-order valence-corrected chi connectivity index (χ1v) is 11.8. The smallest absolute Gasteiger partial charge is 0.263 e. The average molecular weight is 458 g/mol. The van der Waals surface area contributed by atoms with Crippen LogP contribution >= 0.6 is 11.8 Å². The Labute approximate surface area is 182 Å². The number of hydrogen-bond acceptors (Lipinski definition) is 7. The van der Waals surface area contributed by atoms with Crippen LogP contribution in [0.5, 0.6) is 0 Å². The molecule has 0 atom stereocenters. The fourth-order valence-corrected chi connectivity index (χ4v) is 4.60. The number of amides is 1. The molecule has 0 spiro atoms. The van der Waals surface area contributed by atoms with E-state index in [0.717, 1.165) is 16.2 Å². The molecule has 2 aromatic carbocycles. The molecular weight excluding hydrogens is 438 g/mol. The number of carbonyl (C=O) groups is 1. The van der Waals surface area contributed by atoms with Gasteiger partial charge in [-0.1, -0.05) is 29.1 Å². The maximum atomic E-state index is 12.4. The molecule has 0 aliphatic rings. The van der Waals surface area contributed by atoms with Crippen molar-refractivity contribution in [1.29, 1.82) is 0 Å². The summed E-state index contributed by atoms with van der Waals surface area (Å²) in [6, 6.07) is 15.1. The Morgan fingerprint density at radius 1 is 1.16 bits per heavy atom. The van der Waals surface area contributed by atoms with Crippen molar-refractivity contribution in [1.82, 2.24) is 15.1 Å². The Morgan fingerprint density at radius 2 is 1.94 bits per heavy atom. The van der Waals surface area contributed by atoms with Gasteiger partial charge in [0.1, 0.15) is 5.76 Å². The van der Waals surface area contributed by atoms with Crippen molar-refractivity contribution in [2.24, 2.45) is 0 Å². The summed E-state index contributed by atoms with van der Waals surface area (Å²) in [7, 11) is -3.80. The third-order valence-electron chi connectivity index (χ3n) is 4.25. The highest BCUT2D eigenvalue weighted by molar-refractivity contribution is 7.99. The SMILES string of the molecule is Cc1cc(NS(=O)(=O)c2ccc(NC(=O)CCSc3nc4ccccc4[nH]3)cc2)no1. The molecule has 0 aliphatic carbocycles. The van der Waals surface area contributed by atoms with E-state index < -0.39 is 10.0 Å². The number of imidazole rings is 1. The Morgan fingerprint density at radius 3 is 2.65 bits per heavy atom. The van der Waals surface area contributed by atoms with Crippen LogP contribution in [0.4, 0.5) is 11.5 Å². The molecule has 1 amide bonds. The number of nitrogens with one attached hydrogen (secondary N) is 3. The van der Waals surface area contributed by atoms with Crippen LogP contribution in [0.3, 0.4) is 0 Å². The molecule has 4 rings (SSSR count). The van der Waals surface area contributed by atoms with Crippen LogP contribution in [0.1, 0.15) is 12.2 Å². The van der Waals surface area contributed by atoms with Crippen LogP contribution in [-0.2, 0) is 14.8 Å². The summed E-state index contributed by atoms with van der Waals surface area (Å²) in [4.78, 5) is 19.9. The number of sulfonamides is 1. The molecule has 0 fully saturated rings. The van der Waals surface area contributed by atoms with Crippen molar-refractivity contribution in [2.75, 3.05) is 15.8 Å². The molecule has 4 aromatic rings. The molecule has 9 nitrogen and oxygen atoms in total. The van der Waals surface area contributed by atoms with Gasteiger partial charge in [0.25, 0.3) is 10.0 Å².